The van der Waals surface area contributed by atoms with E-state index in [2.05, 4.69) is 60.4 Å². The average molecular weight is 252 g/mol. The molecule has 2 heteroatoms. The third kappa shape index (κ3) is 2.13. The maximum absolute atomic E-state index is 6.07. The largest absolute Gasteiger partial charge is 0.363 e. The summed E-state index contributed by atoms with van der Waals surface area (Å²) < 4.78 is 0. The molecule has 0 radical (unpaired) electrons. The maximum Gasteiger partial charge on any atom is 0.0667 e. The van der Waals surface area contributed by atoms with Crippen LogP contribution in [0.1, 0.15) is 22.7 Å². The predicted octanol–water partition coefficient (Wildman–Crippen LogP) is 3.06. The van der Waals surface area contributed by atoms with Crippen molar-refractivity contribution < 1.29 is 0 Å². The molecule has 0 spiro atoms. The molecule has 19 heavy (non-hydrogen) atoms. The van der Waals surface area contributed by atoms with Crippen molar-refractivity contribution in [2.45, 2.75) is 19.4 Å². The van der Waals surface area contributed by atoms with E-state index in [1.807, 2.05) is 0 Å². The number of nitrogens with two attached hydrogens (primary N) is 1. The van der Waals surface area contributed by atoms with Gasteiger partial charge < -0.3 is 10.6 Å². The van der Waals surface area contributed by atoms with E-state index in [1.54, 1.807) is 0 Å². The van der Waals surface area contributed by atoms with Crippen LogP contribution in [0.4, 0.5) is 5.69 Å². The Kier molecular flexibility index (Phi) is 3.26. The second-order valence-electron chi connectivity index (χ2n) is 5.18. The number of aryl methyl sites for hydroxylation is 1. The molecule has 0 fully saturated rings. The highest BCUT2D eigenvalue weighted by Crippen LogP contribution is 2.35. The Morgan fingerprint density at radius 3 is 2.63 bits per heavy atom. The van der Waals surface area contributed by atoms with Gasteiger partial charge in [-0.05, 0) is 36.1 Å². The lowest BCUT2D eigenvalue weighted by atomic mass is 10.00. The summed E-state index contributed by atoms with van der Waals surface area (Å²) in [6, 6.07) is 17.5. The second kappa shape index (κ2) is 5.06. The van der Waals surface area contributed by atoms with Gasteiger partial charge in [-0.2, -0.15) is 0 Å². The van der Waals surface area contributed by atoms with Crippen LogP contribution in [0.2, 0.25) is 0 Å². The molecule has 0 saturated carbocycles. The lowest BCUT2D eigenvalue weighted by molar-refractivity contribution is 0.645. The fraction of sp³-hybridized carbons (Fsp3) is 0.294. The van der Waals surface area contributed by atoms with Crippen LogP contribution >= 0.6 is 0 Å². The zero-order chi connectivity index (χ0) is 13.2. The van der Waals surface area contributed by atoms with Crippen molar-refractivity contribution in [3.63, 3.8) is 0 Å². The van der Waals surface area contributed by atoms with E-state index in [1.165, 1.54) is 22.4 Å². The molecule has 0 saturated heterocycles. The van der Waals surface area contributed by atoms with E-state index in [0.717, 1.165) is 13.0 Å². The smallest absolute Gasteiger partial charge is 0.0667 e. The number of hydrogen-bond acceptors (Lipinski definition) is 2. The lowest BCUT2D eigenvalue weighted by Gasteiger charge is -2.31. The van der Waals surface area contributed by atoms with Crippen molar-refractivity contribution in [3.05, 3.63) is 65.2 Å². The Bertz CT molecular complexity index is 577. The standard InChI is InChI=1S/C17H20N2/c1-13-6-2-4-8-15(13)17(12-18)19-11-10-14-7-3-5-9-16(14)19/h2-9,17H,10-12,18H2,1H3. The summed E-state index contributed by atoms with van der Waals surface area (Å²) in [4.78, 5) is 2.46. The van der Waals surface area contributed by atoms with Crippen molar-refractivity contribution >= 4 is 5.69 Å². The van der Waals surface area contributed by atoms with E-state index in [9.17, 15) is 0 Å². The number of fused-ring (bicyclic) bond motifs is 1. The number of para-hydroxylation sites is 1. The molecule has 2 nitrogen and oxygen atoms in total. The number of hydrogen-bond donors (Lipinski definition) is 1. The minimum atomic E-state index is 0.282. The Morgan fingerprint density at radius 1 is 1.11 bits per heavy atom. The third-order valence-electron chi connectivity index (χ3n) is 4.07. The summed E-state index contributed by atoms with van der Waals surface area (Å²) in [5, 5.41) is 0. The molecule has 2 aromatic rings. The first-order valence-electron chi connectivity index (χ1n) is 6.91. The molecule has 0 bridgehead atoms. The van der Waals surface area contributed by atoms with E-state index < -0.39 is 0 Å². The van der Waals surface area contributed by atoms with E-state index in [4.69, 9.17) is 5.73 Å². The summed E-state index contributed by atoms with van der Waals surface area (Å²) in [6.07, 6.45) is 1.12. The molecular formula is C17H20N2. The highest BCUT2D eigenvalue weighted by Gasteiger charge is 2.26. The average Bonchev–Trinajstić information content (AvgIpc) is 2.86. The summed E-state index contributed by atoms with van der Waals surface area (Å²) in [5.74, 6) is 0. The van der Waals surface area contributed by atoms with Crippen LogP contribution in [0, 0.1) is 6.92 Å². The van der Waals surface area contributed by atoms with Crippen LogP contribution in [0.5, 0.6) is 0 Å². The molecule has 2 aromatic carbocycles. The Balaban J connectivity index is 1.99. The van der Waals surface area contributed by atoms with Crippen molar-refractivity contribution in [1.82, 2.24) is 0 Å². The van der Waals surface area contributed by atoms with Crippen molar-refractivity contribution in [2.24, 2.45) is 5.73 Å². The molecule has 1 unspecified atom stereocenters. The van der Waals surface area contributed by atoms with Gasteiger partial charge in [0.25, 0.3) is 0 Å². The number of rotatable bonds is 3. The van der Waals surface area contributed by atoms with Crippen LogP contribution in [0.3, 0.4) is 0 Å². The molecule has 1 aliphatic rings. The van der Waals surface area contributed by atoms with Crippen LogP contribution in [-0.2, 0) is 6.42 Å². The van der Waals surface area contributed by atoms with Gasteiger partial charge in [0.2, 0.25) is 0 Å². The van der Waals surface area contributed by atoms with Crippen molar-refractivity contribution in [3.8, 4) is 0 Å². The molecule has 3 rings (SSSR count). The van der Waals surface area contributed by atoms with E-state index in [0.29, 0.717) is 6.54 Å². The number of nitrogens with zero attached hydrogens (tertiary/aromatic N) is 1. The van der Waals surface area contributed by atoms with Gasteiger partial charge in [0.15, 0.2) is 0 Å². The zero-order valence-electron chi connectivity index (χ0n) is 11.3. The van der Waals surface area contributed by atoms with Crippen molar-refractivity contribution in [1.29, 1.82) is 0 Å². The molecular weight excluding hydrogens is 232 g/mol. The number of benzene rings is 2. The summed E-state index contributed by atoms with van der Waals surface area (Å²) in [7, 11) is 0. The quantitative estimate of drug-likeness (QED) is 0.909. The molecule has 0 amide bonds. The third-order valence-corrected chi connectivity index (χ3v) is 4.07. The van der Waals surface area contributed by atoms with Gasteiger partial charge in [-0.25, -0.2) is 0 Å². The van der Waals surface area contributed by atoms with E-state index >= 15 is 0 Å². The molecule has 1 atom stereocenters. The fourth-order valence-corrected chi connectivity index (χ4v) is 3.07. The molecule has 2 N–H and O–H groups in total. The van der Waals surface area contributed by atoms with Gasteiger partial charge in [-0.15, -0.1) is 0 Å². The van der Waals surface area contributed by atoms with E-state index in [-0.39, 0.29) is 6.04 Å². The van der Waals surface area contributed by atoms with Gasteiger partial charge >= 0.3 is 0 Å². The first kappa shape index (κ1) is 12.2. The monoisotopic (exact) mass is 252 g/mol. The van der Waals surface area contributed by atoms with Gasteiger partial charge in [-0.3, -0.25) is 0 Å². The maximum atomic E-state index is 6.07. The molecule has 98 valence electrons. The van der Waals surface area contributed by atoms with Crippen LogP contribution in [0.25, 0.3) is 0 Å². The zero-order valence-corrected chi connectivity index (χ0v) is 11.3. The summed E-state index contributed by atoms with van der Waals surface area (Å²) in [5.41, 5.74) is 11.5. The molecule has 1 heterocycles. The Labute approximate surface area is 114 Å². The Morgan fingerprint density at radius 2 is 1.84 bits per heavy atom. The van der Waals surface area contributed by atoms with Gasteiger partial charge in [0.05, 0.1) is 6.04 Å². The van der Waals surface area contributed by atoms with Crippen LogP contribution in [-0.4, -0.2) is 13.1 Å². The van der Waals surface area contributed by atoms with Crippen molar-refractivity contribution in [2.75, 3.05) is 18.0 Å². The highest BCUT2D eigenvalue weighted by atomic mass is 15.2. The second-order valence-corrected chi connectivity index (χ2v) is 5.18. The summed E-state index contributed by atoms with van der Waals surface area (Å²) in [6.45, 7) is 3.88. The number of anilines is 1. The lowest BCUT2D eigenvalue weighted by Crippen LogP contribution is -2.32. The van der Waals surface area contributed by atoms with Gasteiger partial charge in [0.1, 0.15) is 0 Å². The van der Waals surface area contributed by atoms with Crippen LogP contribution < -0.4 is 10.6 Å². The predicted molar refractivity (Wildman–Crippen MR) is 80.5 cm³/mol. The fourth-order valence-electron chi connectivity index (χ4n) is 3.07. The van der Waals surface area contributed by atoms with Gasteiger partial charge in [-0.1, -0.05) is 42.5 Å². The minimum Gasteiger partial charge on any atom is -0.363 e. The molecule has 1 aliphatic heterocycles. The normalized spacial score (nSPS) is 15.4. The molecule has 0 aliphatic carbocycles. The topological polar surface area (TPSA) is 29.3 Å². The SMILES string of the molecule is Cc1ccccc1C(CN)N1CCc2ccccc21. The molecule has 0 aromatic heterocycles. The first-order chi connectivity index (χ1) is 9.31. The van der Waals surface area contributed by atoms with Crippen LogP contribution in [0.15, 0.2) is 48.5 Å². The van der Waals surface area contributed by atoms with Gasteiger partial charge in [0, 0.05) is 18.8 Å². The minimum absolute atomic E-state index is 0.282. The highest BCUT2D eigenvalue weighted by molar-refractivity contribution is 5.59. The first-order valence-corrected chi connectivity index (χ1v) is 6.91. The summed E-state index contributed by atoms with van der Waals surface area (Å²) >= 11 is 0. The Hall–Kier alpha value is -1.80.